The molecule has 0 saturated carbocycles. The fourth-order valence-corrected chi connectivity index (χ4v) is 10.0. The number of likely N-dealkylation sites (N-methyl/N-ethyl adjacent to an activating group) is 1. The second-order valence-corrected chi connectivity index (χ2v) is 16.7. The lowest BCUT2D eigenvalue weighted by molar-refractivity contribution is -0.192. The van der Waals surface area contributed by atoms with Crippen molar-refractivity contribution in [3.8, 4) is 5.88 Å². The molecular formula is C31H35ClF4N4O5SSi. The molecule has 0 bridgehead atoms. The van der Waals surface area contributed by atoms with Crippen LogP contribution in [0, 0.1) is 5.82 Å². The molecule has 0 aliphatic heterocycles. The summed E-state index contributed by atoms with van der Waals surface area (Å²) in [6.07, 6.45) is -2.73. The number of aliphatic carboxylic acids is 1. The number of ether oxygens (including phenoxy) is 1. The molecule has 9 nitrogen and oxygen atoms in total. The number of pyridine rings is 1. The van der Waals surface area contributed by atoms with Gasteiger partial charge in [0.05, 0.1) is 0 Å². The fourth-order valence-electron chi connectivity index (χ4n) is 4.91. The van der Waals surface area contributed by atoms with E-state index in [1.807, 2.05) is 19.2 Å². The van der Waals surface area contributed by atoms with Gasteiger partial charge in [0.25, 0.3) is 13.9 Å². The maximum Gasteiger partial charge on any atom is 0.490 e. The van der Waals surface area contributed by atoms with Crippen LogP contribution in [0.4, 0.5) is 17.6 Å². The SMILES string of the molecule is CN[C@@H](CCO[Si](c1ccccc1)(c1ccccc1)C(C)(C)C)COc1nc(Cl)c(F)c2nc(SC)[nH]c(=O)c12.O=C(O)C(F)(F)F. The molecule has 0 aliphatic carbocycles. The van der Waals surface area contributed by atoms with Gasteiger partial charge in [-0.15, -0.1) is 0 Å². The molecule has 4 rings (SSSR count). The molecule has 0 amide bonds. The van der Waals surface area contributed by atoms with Crippen molar-refractivity contribution in [1.29, 1.82) is 0 Å². The van der Waals surface area contributed by atoms with Gasteiger partial charge >= 0.3 is 12.1 Å². The van der Waals surface area contributed by atoms with Gasteiger partial charge in [0.2, 0.25) is 5.88 Å². The second-order valence-electron chi connectivity index (χ2n) is 11.2. The highest BCUT2D eigenvalue weighted by Crippen LogP contribution is 2.37. The first-order valence-corrected chi connectivity index (χ1v) is 17.8. The van der Waals surface area contributed by atoms with Crippen LogP contribution in [0.5, 0.6) is 5.88 Å². The maximum absolute atomic E-state index is 14.7. The number of halogens is 5. The summed E-state index contributed by atoms with van der Waals surface area (Å²) in [7, 11) is -0.846. The summed E-state index contributed by atoms with van der Waals surface area (Å²) in [5, 5.41) is 12.5. The Bertz CT molecular complexity index is 1670. The summed E-state index contributed by atoms with van der Waals surface area (Å²) < 4.78 is 59.4. The Hall–Kier alpha value is -3.50. The minimum absolute atomic E-state index is 0.0593. The molecule has 1 atom stereocenters. The zero-order chi connectivity index (χ0) is 35.0. The van der Waals surface area contributed by atoms with E-state index in [1.54, 1.807) is 6.26 Å². The third kappa shape index (κ3) is 9.10. The lowest BCUT2D eigenvalue weighted by Gasteiger charge is -2.43. The van der Waals surface area contributed by atoms with Crippen LogP contribution < -0.4 is 26.0 Å². The predicted molar refractivity (Wildman–Crippen MR) is 177 cm³/mol. The standard InChI is InChI=1S/C29H34ClFN4O3SSi.C2HF3O2/c1-29(2,3)40(20-12-8-6-9-13-20,21-14-10-7-11-15-21)38-17-16-19(32-4)18-37-27-22-24(23(31)25(30)34-27)33-28(39-5)35-26(22)36;3-2(4,5)1(6)7/h6-15,19,32H,16-18H2,1-5H3,(H,33,35,36);(H,6,7)/t19-;/m0./s1. The van der Waals surface area contributed by atoms with E-state index in [9.17, 15) is 22.4 Å². The zero-order valence-corrected chi connectivity index (χ0v) is 28.8. The largest absolute Gasteiger partial charge is 0.490 e. The third-order valence-corrected chi connectivity index (χ3v) is 13.0. The Kier molecular flexibility index (Phi) is 13.0. The average molecular weight is 715 g/mol. The van der Waals surface area contributed by atoms with E-state index in [0.717, 1.165) is 0 Å². The number of benzene rings is 2. The number of aromatic nitrogens is 3. The molecule has 0 radical (unpaired) electrons. The molecule has 16 heteroatoms. The van der Waals surface area contributed by atoms with Gasteiger partial charge in [0.1, 0.15) is 17.5 Å². The number of thioether (sulfide) groups is 1. The van der Waals surface area contributed by atoms with E-state index in [2.05, 4.69) is 89.6 Å². The van der Waals surface area contributed by atoms with Crippen molar-refractivity contribution in [2.24, 2.45) is 0 Å². The number of carbonyl (C=O) groups is 1. The molecule has 2 aromatic heterocycles. The van der Waals surface area contributed by atoms with Crippen molar-refractivity contribution in [3.63, 3.8) is 0 Å². The lowest BCUT2D eigenvalue weighted by Crippen LogP contribution is -2.66. The zero-order valence-electron chi connectivity index (χ0n) is 26.2. The molecule has 0 spiro atoms. The molecule has 254 valence electrons. The average Bonchev–Trinajstić information content (AvgIpc) is 3.02. The first-order chi connectivity index (χ1) is 22.1. The molecule has 3 N–H and O–H groups in total. The van der Waals surface area contributed by atoms with E-state index in [4.69, 9.17) is 30.7 Å². The number of hydrogen-bond acceptors (Lipinski definition) is 8. The first kappa shape index (κ1) is 37.9. The van der Waals surface area contributed by atoms with E-state index in [0.29, 0.717) is 13.0 Å². The van der Waals surface area contributed by atoms with Crippen LogP contribution >= 0.6 is 23.4 Å². The number of fused-ring (bicyclic) bond motifs is 1. The predicted octanol–water partition coefficient (Wildman–Crippen LogP) is 5.40. The van der Waals surface area contributed by atoms with Crippen LogP contribution in [0.2, 0.25) is 10.2 Å². The number of aromatic amines is 1. The second kappa shape index (κ2) is 16.1. The van der Waals surface area contributed by atoms with Gasteiger partial charge in [-0.1, -0.05) is 105 Å². The van der Waals surface area contributed by atoms with Crippen LogP contribution in [0.25, 0.3) is 10.9 Å². The summed E-state index contributed by atoms with van der Waals surface area (Å²) in [6, 6.07) is 20.8. The van der Waals surface area contributed by atoms with Crippen LogP contribution in [0.3, 0.4) is 0 Å². The Morgan fingerprint density at radius 1 is 1.06 bits per heavy atom. The Morgan fingerprint density at radius 2 is 1.60 bits per heavy atom. The van der Waals surface area contributed by atoms with Crippen molar-refractivity contribution in [1.82, 2.24) is 20.3 Å². The normalized spacial score (nSPS) is 12.7. The third-order valence-electron chi connectivity index (χ3n) is 7.17. The maximum atomic E-state index is 14.7. The molecule has 0 saturated heterocycles. The van der Waals surface area contributed by atoms with Crippen molar-refractivity contribution in [2.45, 2.75) is 49.6 Å². The van der Waals surface area contributed by atoms with Crippen LogP contribution in [0.15, 0.2) is 70.6 Å². The molecule has 0 unspecified atom stereocenters. The Morgan fingerprint density at radius 3 is 2.04 bits per heavy atom. The highest BCUT2D eigenvalue weighted by molar-refractivity contribution is 7.98. The molecule has 4 aromatic rings. The summed E-state index contributed by atoms with van der Waals surface area (Å²) in [4.78, 5) is 32.4. The topological polar surface area (TPSA) is 126 Å². The van der Waals surface area contributed by atoms with E-state index in [-0.39, 0.29) is 39.6 Å². The monoisotopic (exact) mass is 714 g/mol. The van der Waals surface area contributed by atoms with Gasteiger partial charge < -0.3 is 24.6 Å². The number of carboxylic acids is 1. The van der Waals surface area contributed by atoms with Gasteiger partial charge in [0, 0.05) is 12.6 Å². The van der Waals surface area contributed by atoms with E-state index in [1.165, 1.54) is 22.1 Å². The Labute approximate surface area is 279 Å². The van der Waals surface area contributed by atoms with E-state index >= 15 is 0 Å². The lowest BCUT2D eigenvalue weighted by atomic mass is 10.2. The number of hydrogen-bond donors (Lipinski definition) is 3. The summed E-state index contributed by atoms with van der Waals surface area (Å²) in [5.74, 6) is -3.67. The van der Waals surface area contributed by atoms with Crippen molar-refractivity contribution < 1.29 is 36.6 Å². The molecule has 0 fully saturated rings. The number of nitrogens with zero attached hydrogens (tertiary/aromatic N) is 2. The van der Waals surface area contributed by atoms with Crippen molar-refractivity contribution in [2.75, 3.05) is 26.5 Å². The number of H-pyrrole nitrogens is 1. The van der Waals surface area contributed by atoms with Crippen molar-refractivity contribution in [3.05, 3.63) is 82.0 Å². The molecule has 47 heavy (non-hydrogen) atoms. The number of nitrogens with one attached hydrogen (secondary N) is 2. The quantitative estimate of drug-likeness (QED) is 0.0616. The van der Waals surface area contributed by atoms with Crippen LogP contribution in [0.1, 0.15) is 27.2 Å². The van der Waals surface area contributed by atoms with Crippen LogP contribution in [-0.4, -0.2) is 73.1 Å². The van der Waals surface area contributed by atoms with Gasteiger partial charge in [-0.25, -0.2) is 14.2 Å². The van der Waals surface area contributed by atoms with E-state index < -0.39 is 37.0 Å². The summed E-state index contributed by atoms with van der Waals surface area (Å²) >= 11 is 7.22. The smallest absolute Gasteiger partial charge is 0.475 e. The minimum Gasteiger partial charge on any atom is -0.475 e. The Balaban J connectivity index is 0.000000771. The molecule has 2 aromatic carbocycles. The van der Waals surface area contributed by atoms with Gasteiger partial charge in [-0.05, 0) is 35.1 Å². The molecule has 2 heterocycles. The number of rotatable bonds is 11. The first-order valence-electron chi connectivity index (χ1n) is 14.2. The summed E-state index contributed by atoms with van der Waals surface area (Å²) in [6.45, 7) is 7.34. The van der Waals surface area contributed by atoms with Crippen molar-refractivity contribution >= 4 is 58.9 Å². The number of carboxylic acid groups (broad SMARTS) is 1. The number of alkyl halides is 3. The fraction of sp³-hybridized carbons (Fsp3) is 0.355. The van der Waals surface area contributed by atoms with Gasteiger partial charge in [0.15, 0.2) is 16.1 Å². The van der Waals surface area contributed by atoms with Gasteiger partial charge in [-0.2, -0.15) is 18.2 Å². The highest BCUT2D eigenvalue weighted by Gasteiger charge is 2.50. The minimum atomic E-state index is -5.08. The molecule has 0 aliphatic rings. The molecular weight excluding hydrogens is 680 g/mol. The summed E-state index contributed by atoms with van der Waals surface area (Å²) in [5.41, 5.74) is -0.706. The van der Waals surface area contributed by atoms with Crippen LogP contribution in [-0.2, 0) is 9.22 Å². The van der Waals surface area contributed by atoms with Gasteiger partial charge in [-0.3, -0.25) is 4.79 Å². The highest BCUT2D eigenvalue weighted by atomic mass is 35.5.